The molecule has 3 aromatic rings. The number of fused-ring (bicyclic) bond motifs is 1. The first kappa shape index (κ1) is 17.7. The fourth-order valence-electron chi connectivity index (χ4n) is 2.88. The van der Waals surface area contributed by atoms with E-state index < -0.39 is 0 Å². The Bertz CT molecular complexity index is 1000. The second-order valence-electron chi connectivity index (χ2n) is 6.11. The average molecular weight is 351 g/mol. The third-order valence-electron chi connectivity index (χ3n) is 4.22. The van der Waals surface area contributed by atoms with Gasteiger partial charge in [0, 0.05) is 6.42 Å². The van der Waals surface area contributed by atoms with Gasteiger partial charge in [0.05, 0.1) is 18.1 Å². The van der Waals surface area contributed by atoms with E-state index in [-0.39, 0.29) is 17.2 Å². The van der Waals surface area contributed by atoms with E-state index >= 15 is 0 Å². The smallest absolute Gasteiger partial charge is 0.226 e. The van der Waals surface area contributed by atoms with Crippen molar-refractivity contribution in [3.63, 3.8) is 0 Å². The molecule has 0 radical (unpaired) electrons. The van der Waals surface area contributed by atoms with Gasteiger partial charge in [-0.3, -0.25) is 14.9 Å². The SMILES string of the molecule is CCCC(=O)Nc1oc2c(C)cccc2c(=O)c1-c1ccc(OC)cc1. The summed E-state index contributed by atoms with van der Waals surface area (Å²) in [5.74, 6) is 0.685. The van der Waals surface area contributed by atoms with Crippen LogP contribution in [0.3, 0.4) is 0 Å². The van der Waals surface area contributed by atoms with Crippen molar-refractivity contribution < 1.29 is 13.9 Å². The molecule has 0 unspecified atom stereocenters. The number of ether oxygens (including phenoxy) is 1. The van der Waals surface area contributed by atoms with E-state index in [9.17, 15) is 9.59 Å². The largest absolute Gasteiger partial charge is 0.497 e. The highest BCUT2D eigenvalue weighted by Gasteiger charge is 2.19. The highest BCUT2D eigenvalue weighted by atomic mass is 16.5. The van der Waals surface area contributed by atoms with Gasteiger partial charge < -0.3 is 9.15 Å². The van der Waals surface area contributed by atoms with Crippen LogP contribution in [0.15, 0.2) is 51.7 Å². The van der Waals surface area contributed by atoms with Crippen molar-refractivity contribution in [2.24, 2.45) is 0 Å². The first-order valence-electron chi connectivity index (χ1n) is 8.55. The Morgan fingerprint density at radius 1 is 1.15 bits per heavy atom. The number of anilines is 1. The summed E-state index contributed by atoms with van der Waals surface area (Å²) in [4.78, 5) is 25.3. The summed E-state index contributed by atoms with van der Waals surface area (Å²) in [5.41, 5.74) is 2.16. The van der Waals surface area contributed by atoms with Crippen molar-refractivity contribution in [1.29, 1.82) is 0 Å². The number of hydrogen-bond donors (Lipinski definition) is 1. The van der Waals surface area contributed by atoms with Crippen molar-refractivity contribution in [3.05, 3.63) is 58.3 Å². The Kier molecular flexibility index (Phi) is 5.07. The van der Waals surface area contributed by atoms with Crippen molar-refractivity contribution in [1.82, 2.24) is 0 Å². The lowest BCUT2D eigenvalue weighted by Gasteiger charge is -2.12. The number of nitrogens with one attached hydrogen (secondary N) is 1. The van der Waals surface area contributed by atoms with Crippen LogP contribution in [0.5, 0.6) is 5.75 Å². The van der Waals surface area contributed by atoms with Crippen molar-refractivity contribution >= 4 is 22.8 Å². The summed E-state index contributed by atoms with van der Waals surface area (Å²) in [7, 11) is 1.58. The minimum Gasteiger partial charge on any atom is -0.497 e. The fraction of sp³-hybridized carbons (Fsp3) is 0.238. The third-order valence-corrected chi connectivity index (χ3v) is 4.22. The van der Waals surface area contributed by atoms with Crippen LogP contribution in [-0.4, -0.2) is 13.0 Å². The number of methoxy groups -OCH3 is 1. The maximum absolute atomic E-state index is 13.2. The van der Waals surface area contributed by atoms with Gasteiger partial charge in [0.15, 0.2) is 0 Å². The maximum atomic E-state index is 13.2. The van der Waals surface area contributed by atoms with Crippen molar-refractivity contribution in [2.45, 2.75) is 26.7 Å². The highest BCUT2D eigenvalue weighted by Crippen LogP contribution is 2.31. The Morgan fingerprint density at radius 3 is 2.54 bits per heavy atom. The van der Waals surface area contributed by atoms with Crippen molar-refractivity contribution in [3.8, 4) is 16.9 Å². The molecule has 134 valence electrons. The summed E-state index contributed by atoms with van der Waals surface area (Å²) >= 11 is 0. The summed E-state index contributed by atoms with van der Waals surface area (Å²) in [6.07, 6.45) is 1.07. The zero-order chi connectivity index (χ0) is 18.7. The van der Waals surface area contributed by atoms with Gasteiger partial charge in [-0.1, -0.05) is 31.2 Å². The number of hydrogen-bond acceptors (Lipinski definition) is 4. The molecule has 5 heteroatoms. The molecule has 3 rings (SSSR count). The number of rotatable bonds is 5. The predicted octanol–water partition coefficient (Wildman–Crippen LogP) is 4.52. The van der Waals surface area contributed by atoms with E-state index in [0.29, 0.717) is 40.7 Å². The fourth-order valence-corrected chi connectivity index (χ4v) is 2.88. The molecule has 0 fully saturated rings. The van der Waals surface area contributed by atoms with Crippen molar-refractivity contribution in [2.75, 3.05) is 12.4 Å². The molecule has 0 atom stereocenters. The lowest BCUT2D eigenvalue weighted by Crippen LogP contribution is -2.16. The summed E-state index contributed by atoms with van der Waals surface area (Å²) in [6, 6.07) is 12.5. The molecule has 0 saturated carbocycles. The van der Waals surface area contributed by atoms with Crippen LogP contribution in [0, 0.1) is 6.92 Å². The monoisotopic (exact) mass is 351 g/mol. The second kappa shape index (κ2) is 7.44. The van der Waals surface area contributed by atoms with Crippen LogP contribution in [-0.2, 0) is 4.79 Å². The van der Waals surface area contributed by atoms with E-state index in [4.69, 9.17) is 9.15 Å². The van der Waals surface area contributed by atoms with E-state index in [1.807, 2.05) is 26.0 Å². The molecule has 0 spiro atoms. The molecule has 0 saturated heterocycles. The number of carbonyl (C=O) groups is 1. The molecule has 1 amide bonds. The third kappa shape index (κ3) is 3.33. The molecule has 5 nitrogen and oxygen atoms in total. The molecule has 1 heterocycles. The molecule has 0 aliphatic rings. The Labute approximate surface area is 151 Å². The molecule has 0 bridgehead atoms. The normalized spacial score (nSPS) is 10.7. The van der Waals surface area contributed by atoms with Gasteiger partial charge in [-0.15, -0.1) is 0 Å². The van der Waals surface area contributed by atoms with Gasteiger partial charge in [-0.05, 0) is 42.7 Å². The first-order chi connectivity index (χ1) is 12.5. The molecular formula is C21H21NO4. The summed E-state index contributed by atoms with van der Waals surface area (Å²) < 4.78 is 11.1. The van der Waals surface area contributed by atoms with E-state index in [1.54, 1.807) is 37.4 Å². The topological polar surface area (TPSA) is 68.5 Å². The van der Waals surface area contributed by atoms with E-state index in [2.05, 4.69) is 5.32 Å². The molecule has 26 heavy (non-hydrogen) atoms. The Morgan fingerprint density at radius 2 is 1.88 bits per heavy atom. The summed E-state index contributed by atoms with van der Waals surface area (Å²) in [5, 5.41) is 3.25. The number of aryl methyl sites for hydroxylation is 1. The molecular weight excluding hydrogens is 330 g/mol. The van der Waals surface area contributed by atoms with Crippen LogP contribution in [0.4, 0.5) is 5.88 Å². The van der Waals surface area contributed by atoms with Gasteiger partial charge in [0.2, 0.25) is 17.2 Å². The zero-order valence-electron chi connectivity index (χ0n) is 15.1. The number of para-hydroxylation sites is 1. The maximum Gasteiger partial charge on any atom is 0.226 e. The molecule has 1 aromatic heterocycles. The van der Waals surface area contributed by atoms with E-state index in [0.717, 1.165) is 5.56 Å². The zero-order valence-corrected chi connectivity index (χ0v) is 15.1. The van der Waals surface area contributed by atoms with Crippen LogP contribution < -0.4 is 15.5 Å². The lowest BCUT2D eigenvalue weighted by atomic mass is 10.0. The second-order valence-corrected chi connectivity index (χ2v) is 6.11. The first-order valence-corrected chi connectivity index (χ1v) is 8.55. The minimum absolute atomic E-state index is 0.174. The number of amides is 1. The van der Waals surface area contributed by atoms with Crippen LogP contribution in [0.25, 0.3) is 22.1 Å². The molecule has 0 aliphatic heterocycles. The predicted molar refractivity (Wildman–Crippen MR) is 103 cm³/mol. The van der Waals surface area contributed by atoms with Gasteiger partial charge in [0.25, 0.3) is 0 Å². The summed E-state index contributed by atoms with van der Waals surface area (Å²) in [6.45, 7) is 3.79. The van der Waals surface area contributed by atoms with Gasteiger partial charge in [0.1, 0.15) is 11.3 Å². The van der Waals surface area contributed by atoms with Gasteiger partial charge in [-0.2, -0.15) is 0 Å². The van der Waals surface area contributed by atoms with Crippen LogP contribution >= 0.6 is 0 Å². The average Bonchev–Trinajstić information content (AvgIpc) is 2.63. The molecule has 0 aliphatic carbocycles. The van der Waals surface area contributed by atoms with E-state index in [1.165, 1.54) is 0 Å². The number of benzene rings is 2. The Balaban J connectivity index is 2.24. The van der Waals surface area contributed by atoms with Crippen LogP contribution in [0.1, 0.15) is 25.3 Å². The molecule has 2 aromatic carbocycles. The van der Waals surface area contributed by atoms with Gasteiger partial charge >= 0.3 is 0 Å². The standard InChI is InChI=1S/C21H21NO4/c1-4-6-17(23)22-21-18(14-9-11-15(25-3)12-10-14)19(24)16-8-5-7-13(2)20(16)26-21/h5,7-12H,4,6H2,1-3H3,(H,22,23). The minimum atomic E-state index is -0.182. The number of carbonyl (C=O) groups excluding carboxylic acids is 1. The molecule has 1 N–H and O–H groups in total. The van der Waals surface area contributed by atoms with Gasteiger partial charge in [-0.25, -0.2) is 0 Å². The highest BCUT2D eigenvalue weighted by molar-refractivity contribution is 5.96. The van der Waals surface area contributed by atoms with Crippen LogP contribution in [0.2, 0.25) is 0 Å². The Hall–Kier alpha value is -3.08. The quantitative estimate of drug-likeness (QED) is 0.734. The lowest BCUT2D eigenvalue weighted by molar-refractivity contribution is -0.116.